The van der Waals surface area contributed by atoms with Gasteiger partial charge in [-0.3, -0.25) is 0 Å². The van der Waals surface area contributed by atoms with Gasteiger partial charge in [-0.05, 0) is 12.5 Å². The molecular weight excluding hydrogens is 220 g/mol. The van der Waals surface area contributed by atoms with Gasteiger partial charge >= 0.3 is 0 Å². The minimum Gasteiger partial charge on any atom is -0.385 e. The third-order valence-electron chi connectivity index (χ3n) is 2.46. The van der Waals surface area contributed by atoms with E-state index in [1.165, 1.54) is 11.3 Å². The van der Waals surface area contributed by atoms with Gasteiger partial charge in [0.05, 0.1) is 16.7 Å². The monoisotopic (exact) mass is 234 g/mol. The smallest absolute Gasteiger partial charge is 0.116 e. The van der Waals surface area contributed by atoms with Crippen LogP contribution in [0.5, 0.6) is 0 Å². The summed E-state index contributed by atoms with van der Waals surface area (Å²) in [5.74, 6) is 0. The van der Waals surface area contributed by atoms with Crippen LogP contribution in [0.25, 0.3) is 0 Å². The molecule has 0 fully saturated rings. The summed E-state index contributed by atoms with van der Waals surface area (Å²) in [5.41, 5.74) is 7.56. The second kappa shape index (κ2) is 4.74. The van der Waals surface area contributed by atoms with E-state index in [1.807, 2.05) is 42.6 Å². The number of aromatic nitrogens is 1. The van der Waals surface area contributed by atoms with Gasteiger partial charge in [0.2, 0.25) is 0 Å². The van der Waals surface area contributed by atoms with Gasteiger partial charge in [0.15, 0.2) is 0 Å². The number of rotatable bonds is 3. The lowest BCUT2D eigenvalue weighted by atomic mass is 10.0. The van der Waals surface area contributed by atoms with Gasteiger partial charge < -0.3 is 10.8 Å². The van der Waals surface area contributed by atoms with Crippen molar-refractivity contribution >= 4 is 11.3 Å². The van der Waals surface area contributed by atoms with Crippen molar-refractivity contribution in [1.82, 2.24) is 4.98 Å². The molecule has 2 aromatic rings. The fourth-order valence-corrected chi connectivity index (χ4v) is 2.20. The summed E-state index contributed by atoms with van der Waals surface area (Å²) in [7, 11) is 0. The lowest BCUT2D eigenvalue weighted by Gasteiger charge is -2.17. The van der Waals surface area contributed by atoms with Crippen molar-refractivity contribution in [2.24, 2.45) is 5.73 Å². The largest absolute Gasteiger partial charge is 0.385 e. The first-order valence-corrected chi connectivity index (χ1v) is 5.97. The normalized spacial score (nSPS) is 14.7. The van der Waals surface area contributed by atoms with Gasteiger partial charge in [-0.1, -0.05) is 30.3 Å². The average molecular weight is 234 g/mol. The van der Waals surface area contributed by atoms with E-state index < -0.39 is 12.1 Å². The van der Waals surface area contributed by atoms with E-state index in [0.29, 0.717) is 5.69 Å². The van der Waals surface area contributed by atoms with Gasteiger partial charge in [0.1, 0.15) is 6.10 Å². The topological polar surface area (TPSA) is 59.1 Å². The second-order valence-corrected chi connectivity index (χ2v) is 4.73. The van der Waals surface area contributed by atoms with Gasteiger partial charge in [0, 0.05) is 5.38 Å². The molecule has 2 atom stereocenters. The number of aliphatic hydroxyl groups is 1. The first-order valence-electron chi connectivity index (χ1n) is 5.09. The van der Waals surface area contributed by atoms with Crippen LogP contribution in [-0.2, 0) is 0 Å². The SMILES string of the molecule is Cc1nc(C(O)C(N)c2ccccc2)cs1. The van der Waals surface area contributed by atoms with Crippen molar-refractivity contribution in [2.45, 2.75) is 19.1 Å². The van der Waals surface area contributed by atoms with Crippen LogP contribution < -0.4 is 5.73 Å². The molecule has 0 radical (unpaired) electrons. The van der Waals surface area contributed by atoms with Crippen molar-refractivity contribution < 1.29 is 5.11 Å². The zero-order chi connectivity index (χ0) is 11.5. The Morgan fingerprint density at radius 1 is 1.31 bits per heavy atom. The molecule has 2 rings (SSSR count). The molecule has 3 nitrogen and oxygen atoms in total. The third kappa shape index (κ3) is 2.29. The molecule has 0 aliphatic heterocycles. The standard InChI is InChI=1S/C12H14N2OS/c1-8-14-10(7-16-8)12(15)11(13)9-5-3-2-4-6-9/h2-7,11-12,15H,13H2,1H3. The molecule has 0 bridgehead atoms. The van der Waals surface area contributed by atoms with Gasteiger partial charge in [0.25, 0.3) is 0 Å². The summed E-state index contributed by atoms with van der Waals surface area (Å²) >= 11 is 1.52. The van der Waals surface area contributed by atoms with Crippen molar-refractivity contribution in [3.63, 3.8) is 0 Å². The molecule has 2 unspecified atom stereocenters. The van der Waals surface area contributed by atoms with Gasteiger partial charge in [-0.25, -0.2) is 4.98 Å². The molecule has 0 spiro atoms. The van der Waals surface area contributed by atoms with Crippen molar-refractivity contribution in [1.29, 1.82) is 0 Å². The Balaban J connectivity index is 2.19. The van der Waals surface area contributed by atoms with Crippen LogP contribution in [0.2, 0.25) is 0 Å². The van der Waals surface area contributed by atoms with Gasteiger partial charge in [-0.2, -0.15) is 0 Å². The summed E-state index contributed by atoms with van der Waals surface area (Å²) in [6, 6.07) is 9.14. The number of thiazole rings is 1. The van der Waals surface area contributed by atoms with Crippen molar-refractivity contribution in [3.05, 3.63) is 52.0 Å². The highest BCUT2D eigenvalue weighted by Crippen LogP contribution is 2.27. The summed E-state index contributed by atoms with van der Waals surface area (Å²) in [6.07, 6.45) is -0.743. The molecule has 1 aromatic carbocycles. The second-order valence-electron chi connectivity index (χ2n) is 3.67. The molecule has 0 aliphatic carbocycles. The van der Waals surface area contributed by atoms with E-state index in [-0.39, 0.29) is 0 Å². The molecule has 1 aromatic heterocycles. The first kappa shape index (κ1) is 11.3. The van der Waals surface area contributed by atoms with E-state index in [1.54, 1.807) is 0 Å². The minimum atomic E-state index is -0.743. The molecule has 3 N–H and O–H groups in total. The Morgan fingerprint density at radius 3 is 2.56 bits per heavy atom. The van der Waals surface area contributed by atoms with E-state index >= 15 is 0 Å². The van der Waals surface area contributed by atoms with E-state index in [4.69, 9.17) is 5.73 Å². The Kier molecular flexibility index (Phi) is 3.33. The molecule has 4 heteroatoms. The zero-order valence-electron chi connectivity index (χ0n) is 9.00. The van der Waals surface area contributed by atoms with Crippen molar-refractivity contribution in [2.75, 3.05) is 0 Å². The Hall–Kier alpha value is -1.23. The maximum Gasteiger partial charge on any atom is 0.116 e. The number of nitrogens with zero attached hydrogens (tertiary/aromatic N) is 1. The molecule has 0 aliphatic rings. The van der Waals surface area contributed by atoms with Crippen molar-refractivity contribution in [3.8, 4) is 0 Å². The highest BCUT2D eigenvalue weighted by atomic mass is 32.1. The molecule has 0 amide bonds. The highest BCUT2D eigenvalue weighted by molar-refractivity contribution is 7.09. The predicted octanol–water partition coefficient (Wildman–Crippen LogP) is 2.18. The molecule has 0 saturated carbocycles. The van der Waals surface area contributed by atoms with E-state index in [2.05, 4.69) is 4.98 Å². The molecule has 16 heavy (non-hydrogen) atoms. The van der Waals surface area contributed by atoms with Crippen LogP contribution in [0, 0.1) is 6.92 Å². The predicted molar refractivity (Wildman–Crippen MR) is 65.2 cm³/mol. The first-order chi connectivity index (χ1) is 7.68. The minimum absolute atomic E-state index is 0.428. The maximum absolute atomic E-state index is 10.1. The van der Waals surface area contributed by atoms with Gasteiger partial charge in [-0.15, -0.1) is 11.3 Å². The quantitative estimate of drug-likeness (QED) is 0.855. The Morgan fingerprint density at radius 2 is 2.00 bits per heavy atom. The Bertz CT molecular complexity index is 455. The number of hydrogen-bond donors (Lipinski definition) is 2. The van der Waals surface area contributed by atoms with E-state index in [9.17, 15) is 5.11 Å². The van der Waals surface area contributed by atoms with Crippen LogP contribution in [0.1, 0.15) is 28.4 Å². The number of benzene rings is 1. The number of aliphatic hydroxyl groups excluding tert-OH is 1. The summed E-state index contributed by atoms with van der Waals surface area (Å²) in [5, 5.41) is 12.9. The molecule has 84 valence electrons. The Labute approximate surface area is 98.6 Å². The number of nitrogens with two attached hydrogens (primary N) is 1. The lowest BCUT2D eigenvalue weighted by molar-refractivity contribution is 0.143. The number of hydrogen-bond acceptors (Lipinski definition) is 4. The summed E-state index contributed by atoms with van der Waals surface area (Å²) in [6.45, 7) is 1.91. The highest BCUT2D eigenvalue weighted by Gasteiger charge is 2.20. The fourth-order valence-electron chi connectivity index (χ4n) is 1.56. The number of aryl methyl sites for hydroxylation is 1. The van der Waals surface area contributed by atoms with Crippen LogP contribution in [0.15, 0.2) is 35.7 Å². The summed E-state index contributed by atoms with van der Waals surface area (Å²) in [4.78, 5) is 4.25. The fraction of sp³-hybridized carbons (Fsp3) is 0.250. The average Bonchev–Trinajstić information content (AvgIpc) is 2.75. The van der Waals surface area contributed by atoms with Crippen LogP contribution in [-0.4, -0.2) is 10.1 Å². The van der Waals surface area contributed by atoms with E-state index in [0.717, 1.165) is 10.6 Å². The van der Waals surface area contributed by atoms with Crippen LogP contribution in [0.4, 0.5) is 0 Å². The molecule has 1 heterocycles. The van der Waals surface area contributed by atoms with Crippen LogP contribution >= 0.6 is 11.3 Å². The molecular formula is C12H14N2OS. The lowest BCUT2D eigenvalue weighted by Crippen LogP contribution is -2.19. The maximum atomic E-state index is 10.1. The van der Waals surface area contributed by atoms with Crippen LogP contribution in [0.3, 0.4) is 0 Å². The zero-order valence-corrected chi connectivity index (χ0v) is 9.82. The third-order valence-corrected chi connectivity index (χ3v) is 3.26. The summed E-state index contributed by atoms with van der Waals surface area (Å²) < 4.78 is 0. The molecule has 0 saturated heterocycles.